The lowest BCUT2D eigenvalue weighted by Crippen LogP contribution is -2.45. The highest BCUT2D eigenvalue weighted by Gasteiger charge is 2.24. The Morgan fingerprint density at radius 2 is 1.90 bits per heavy atom. The van der Waals surface area contributed by atoms with Crippen LogP contribution in [0.15, 0.2) is 0 Å². The summed E-state index contributed by atoms with van der Waals surface area (Å²) in [5, 5.41) is 8.69. The van der Waals surface area contributed by atoms with Gasteiger partial charge in [-0.05, 0) is 31.6 Å². The minimum Gasteiger partial charge on any atom is -0.481 e. The average Bonchev–Trinajstić information content (AvgIpc) is 2.45. The summed E-state index contributed by atoms with van der Waals surface area (Å²) < 4.78 is 0. The van der Waals surface area contributed by atoms with Crippen LogP contribution in [0.2, 0.25) is 0 Å². The molecule has 5 heteroatoms. The molecule has 116 valence electrons. The predicted molar refractivity (Wildman–Crippen MR) is 78.7 cm³/mol. The van der Waals surface area contributed by atoms with Crippen LogP contribution >= 0.6 is 0 Å². The molecule has 0 aromatic carbocycles. The SMILES string of the molecule is CCCCCN(C)C(=O)N1CCC(CCC(=O)O)CC1. The Kier molecular flexibility index (Phi) is 7.41. The monoisotopic (exact) mass is 284 g/mol. The van der Waals surface area contributed by atoms with Crippen molar-refractivity contribution < 1.29 is 14.7 Å². The number of likely N-dealkylation sites (tertiary alicyclic amines) is 1. The minimum atomic E-state index is -0.723. The number of carboxylic acid groups (broad SMARTS) is 1. The first-order chi connectivity index (χ1) is 9.54. The Morgan fingerprint density at radius 3 is 2.45 bits per heavy atom. The number of nitrogens with zero attached hydrogens (tertiary/aromatic N) is 2. The van der Waals surface area contributed by atoms with Crippen molar-refractivity contribution in [1.29, 1.82) is 0 Å². The van der Waals surface area contributed by atoms with Crippen molar-refractivity contribution in [1.82, 2.24) is 9.80 Å². The van der Waals surface area contributed by atoms with Crippen molar-refractivity contribution >= 4 is 12.0 Å². The zero-order valence-electron chi connectivity index (χ0n) is 12.8. The van der Waals surface area contributed by atoms with Gasteiger partial charge in [-0.2, -0.15) is 0 Å². The summed E-state index contributed by atoms with van der Waals surface area (Å²) in [6.07, 6.45) is 6.24. The first-order valence-corrected chi connectivity index (χ1v) is 7.76. The molecule has 0 spiro atoms. The Labute approximate surface area is 121 Å². The lowest BCUT2D eigenvalue weighted by atomic mass is 9.92. The second kappa shape index (κ2) is 8.82. The number of rotatable bonds is 7. The number of amides is 2. The lowest BCUT2D eigenvalue weighted by Gasteiger charge is -2.34. The molecule has 1 rings (SSSR count). The summed E-state index contributed by atoms with van der Waals surface area (Å²) in [6.45, 7) is 4.51. The number of carbonyl (C=O) groups is 2. The number of aliphatic carboxylic acids is 1. The topological polar surface area (TPSA) is 60.9 Å². The van der Waals surface area contributed by atoms with Crippen molar-refractivity contribution in [2.75, 3.05) is 26.7 Å². The van der Waals surface area contributed by atoms with E-state index in [0.717, 1.165) is 58.2 Å². The number of carbonyl (C=O) groups excluding carboxylic acids is 1. The van der Waals surface area contributed by atoms with Crippen molar-refractivity contribution in [3.05, 3.63) is 0 Å². The smallest absolute Gasteiger partial charge is 0.319 e. The van der Waals surface area contributed by atoms with Gasteiger partial charge in [0, 0.05) is 33.1 Å². The van der Waals surface area contributed by atoms with E-state index in [-0.39, 0.29) is 12.5 Å². The van der Waals surface area contributed by atoms with Gasteiger partial charge in [0.15, 0.2) is 0 Å². The van der Waals surface area contributed by atoms with E-state index in [1.165, 1.54) is 0 Å². The largest absolute Gasteiger partial charge is 0.481 e. The van der Waals surface area contributed by atoms with E-state index < -0.39 is 5.97 Å². The molecule has 0 saturated carbocycles. The Morgan fingerprint density at radius 1 is 1.25 bits per heavy atom. The van der Waals surface area contributed by atoms with Gasteiger partial charge in [0.2, 0.25) is 0 Å². The molecule has 0 radical (unpaired) electrons. The van der Waals surface area contributed by atoms with Crippen LogP contribution in [-0.4, -0.2) is 53.6 Å². The minimum absolute atomic E-state index is 0.123. The van der Waals surface area contributed by atoms with Crippen molar-refractivity contribution in [3.8, 4) is 0 Å². The molecule has 0 unspecified atom stereocenters. The van der Waals surface area contributed by atoms with Gasteiger partial charge < -0.3 is 14.9 Å². The maximum atomic E-state index is 12.2. The van der Waals surface area contributed by atoms with E-state index >= 15 is 0 Å². The van der Waals surface area contributed by atoms with Crippen LogP contribution < -0.4 is 0 Å². The van der Waals surface area contributed by atoms with Gasteiger partial charge in [-0.3, -0.25) is 4.79 Å². The number of unbranched alkanes of at least 4 members (excludes halogenated alkanes) is 2. The first-order valence-electron chi connectivity index (χ1n) is 7.76. The van der Waals surface area contributed by atoms with Gasteiger partial charge in [-0.25, -0.2) is 4.79 Å². The van der Waals surface area contributed by atoms with Crippen LogP contribution in [-0.2, 0) is 4.79 Å². The third-order valence-electron chi connectivity index (χ3n) is 4.08. The standard InChI is InChI=1S/C15H28N2O3/c1-3-4-5-10-16(2)15(20)17-11-8-13(9-12-17)6-7-14(18)19/h13H,3-12H2,1-2H3,(H,18,19). The highest BCUT2D eigenvalue weighted by Crippen LogP contribution is 2.22. The summed E-state index contributed by atoms with van der Waals surface area (Å²) in [4.78, 5) is 26.5. The molecule has 1 aliphatic heterocycles. The van der Waals surface area contributed by atoms with Gasteiger partial charge >= 0.3 is 12.0 Å². The second-order valence-electron chi connectivity index (χ2n) is 5.77. The van der Waals surface area contributed by atoms with Gasteiger partial charge in [0.25, 0.3) is 0 Å². The molecule has 2 amide bonds. The van der Waals surface area contributed by atoms with Gasteiger partial charge in [-0.1, -0.05) is 19.8 Å². The third kappa shape index (κ3) is 5.80. The van der Waals surface area contributed by atoms with E-state index in [2.05, 4.69) is 6.92 Å². The highest BCUT2D eigenvalue weighted by molar-refractivity contribution is 5.74. The van der Waals surface area contributed by atoms with Crippen LogP contribution in [0.25, 0.3) is 0 Å². The van der Waals surface area contributed by atoms with Crippen LogP contribution in [0.1, 0.15) is 51.9 Å². The summed E-state index contributed by atoms with van der Waals surface area (Å²) in [7, 11) is 1.87. The van der Waals surface area contributed by atoms with Crippen molar-refractivity contribution in [2.24, 2.45) is 5.92 Å². The van der Waals surface area contributed by atoms with E-state index in [1.807, 2.05) is 16.8 Å². The molecular weight excluding hydrogens is 256 g/mol. The average molecular weight is 284 g/mol. The zero-order valence-corrected chi connectivity index (χ0v) is 12.8. The normalized spacial score (nSPS) is 16.2. The molecule has 1 aliphatic rings. The second-order valence-corrected chi connectivity index (χ2v) is 5.77. The predicted octanol–water partition coefficient (Wildman–Crippen LogP) is 2.81. The molecule has 0 bridgehead atoms. The Balaban J connectivity index is 2.26. The molecule has 0 atom stereocenters. The first kappa shape index (κ1) is 16.8. The van der Waals surface area contributed by atoms with E-state index in [0.29, 0.717) is 5.92 Å². The molecule has 1 saturated heterocycles. The number of piperidine rings is 1. The number of urea groups is 1. The molecule has 1 fully saturated rings. The van der Waals surface area contributed by atoms with Crippen molar-refractivity contribution in [2.45, 2.75) is 51.9 Å². The highest BCUT2D eigenvalue weighted by atomic mass is 16.4. The third-order valence-corrected chi connectivity index (χ3v) is 4.08. The summed E-state index contributed by atoms with van der Waals surface area (Å²) >= 11 is 0. The summed E-state index contributed by atoms with van der Waals surface area (Å²) in [5.41, 5.74) is 0. The van der Waals surface area contributed by atoms with Crippen LogP contribution in [0.4, 0.5) is 4.79 Å². The zero-order chi connectivity index (χ0) is 15.0. The van der Waals surface area contributed by atoms with Gasteiger partial charge in [-0.15, -0.1) is 0 Å². The van der Waals surface area contributed by atoms with Crippen LogP contribution in [0.3, 0.4) is 0 Å². The number of carboxylic acids is 1. The van der Waals surface area contributed by atoms with E-state index in [1.54, 1.807) is 0 Å². The van der Waals surface area contributed by atoms with Crippen LogP contribution in [0.5, 0.6) is 0 Å². The van der Waals surface area contributed by atoms with E-state index in [9.17, 15) is 9.59 Å². The molecule has 20 heavy (non-hydrogen) atoms. The molecule has 0 aromatic rings. The molecule has 1 heterocycles. The molecule has 0 aliphatic carbocycles. The maximum Gasteiger partial charge on any atom is 0.319 e. The fraction of sp³-hybridized carbons (Fsp3) is 0.867. The van der Waals surface area contributed by atoms with Gasteiger partial charge in [0.05, 0.1) is 0 Å². The summed E-state index contributed by atoms with van der Waals surface area (Å²) in [6, 6.07) is 0.123. The number of hydrogen-bond donors (Lipinski definition) is 1. The maximum absolute atomic E-state index is 12.2. The molecular formula is C15H28N2O3. The molecule has 5 nitrogen and oxygen atoms in total. The fourth-order valence-electron chi connectivity index (χ4n) is 2.68. The fourth-order valence-corrected chi connectivity index (χ4v) is 2.68. The Bertz CT molecular complexity index is 312. The summed E-state index contributed by atoms with van der Waals surface area (Å²) in [5.74, 6) is -0.264. The molecule has 1 N–H and O–H groups in total. The quantitative estimate of drug-likeness (QED) is 0.731. The lowest BCUT2D eigenvalue weighted by molar-refractivity contribution is -0.137. The van der Waals surface area contributed by atoms with Crippen LogP contribution in [0, 0.1) is 5.92 Å². The Hall–Kier alpha value is -1.26. The van der Waals surface area contributed by atoms with Crippen molar-refractivity contribution in [3.63, 3.8) is 0 Å². The van der Waals surface area contributed by atoms with Gasteiger partial charge in [0.1, 0.15) is 0 Å². The number of hydrogen-bond acceptors (Lipinski definition) is 2. The molecule has 0 aromatic heterocycles. The van der Waals surface area contributed by atoms with E-state index in [4.69, 9.17) is 5.11 Å².